The lowest BCUT2D eigenvalue weighted by atomic mass is 9.87. The van der Waals surface area contributed by atoms with Crippen molar-refractivity contribution < 1.29 is 4.74 Å². The minimum Gasteiger partial charge on any atom is -0.451 e. The summed E-state index contributed by atoms with van der Waals surface area (Å²) in [6.07, 6.45) is 1.95. The Kier molecular flexibility index (Phi) is 3.52. The van der Waals surface area contributed by atoms with Gasteiger partial charge in [0.2, 0.25) is 0 Å². The maximum atomic E-state index is 6.28. The molecule has 0 radical (unpaired) electrons. The van der Waals surface area contributed by atoms with Gasteiger partial charge in [0, 0.05) is 11.6 Å². The van der Waals surface area contributed by atoms with E-state index in [1.807, 2.05) is 30.5 Å². The van der Waals surface area contributed by atoms with Crippen molar-refractivity contribution in [2.24, 2.45) is 0 Å². The maximum Gasteiger partial charge on any atom is 0.175 e. The fraction of sp³-hybridized carbons (Fsp3) is 0.364. The van der Waals surface area contributed by atoms with Crippen LogP contribution < -0.4 is 10.1 Å². The van der Waals surface area contributed by atoms with Gasteiger partial charge in [-0.2, -0.15) is 0 Å². The molecule has 0 amide bonds. The third-order valence-corrected chi connectivity index (χ3v) is 4.71. The third-order valence-electron chi connectivity index (χ3n) is 4.71. The predicted octanol–water partition coefficient (Wildman–Crippen LogP) is 6.07. The van der Waals surface area contributed by atoms with E-state index in [0.29, 0.717) is 0 Å². The Balaban J connectivity index is 2.01. The summed E-state index contributed by atoms with van der Waals surface area (Å²) in [6.45, 7) is 13.1. The van der Waals surface area contributed by atoms with Crippen LogP contribution in [0.3, 0.4) is 0 Å². The molecule has 2 aromatic heterocycles. The summed E-state index contributed by atoms with van der Waals surface area (Å²) in [5.41, 5.74) is 5.59. The van der Waals surface area contributed by atoms with Crippen molar-refractivity contribution >= 4 is 22.4 Å². The van der Waals surface area contributed by atoms with E-state index in [9.17, 15) is 0 Å². The molecule has 0 fully saturated rings. The molecule has 0 unspecified atom stereocenters. The normalized spacial score (nSPS) is 13.6. The first-order chi connectivity index (χ1) is 12.1. The number of nitrogens with one attached hydrogen (secondary N) is 1. The molecule has 134 valence electrons. The number of anilines is 2. The number of hydrogen-bond acceptors (Lipinski definition) is 4. The van der Waals surface area contributed by atoms with Crippen LogP contribution in [0, 0.1) is 0 Å². The second kappa shape index (κ2) is 5.44. The Labute approximate surface area is 154 Å². The van der Waals surface area contributed by atoms with Gasteiger partial charge in [0.1, 0.15) is 11.2 Å². The minimum absolute atomic E-state index is 0.0250. The van der Waals surface area contributed by atoms with Gasteiger partial charge >= 0.3 is 0 Å². The molecule has 3 aromatic rings. The molecule has 0 saturated heterocycles. The molecule has 4 heteroatoms. The van der Waals surface area contributed by atoms with E-state index in [0.717, 1.165) is 39.6 Å². The van der Waals surface area contributed by atoms with Gasteiger partial charge in [-0.15, -0.1) is 0 Å². The van der Waals surface area contributed by atoms with Gasteiger partial charge in [0.05, 0.1) is 16.9 Å². The van der Waals surface area contributed by atoms with Crippen LogP contribution in [-0.4, -0.2) is 9.97 Å². The van der Waals surface area contributed by atoms with Crippen LogP contribution in [0.1, 0.15) is 52.8 Å². The van der Waals surface area contributed by atoms with Crippen LogP contribution in [-0.2, 0) is 10.8 Å². The van der Waals surface area contributed by atoms with Crippen LogP contribution in [0.2, 0.25) is 0 Å². The van der Waals surface area contributed by atoms with Gasteiger partial charge in [-0.25, -0.2) is 4.98 Å². The van der Waals surface area contributed by atoms with Crippen LogP contribution in [0.15, 0.2) is 36.5 Å². The highest BCUT2D eigenvalue weighted by atomic mass is 16.5. The third kappa shape index (κ3) is 2.70. The van der Waals surface area contributed by atoms with Crippen molar-refractivity contribution in [2.75, 3.05) is 5.32 Å². The lowest BCUT2D eigenvalue weighted by molar-refractivity contribution is 0.447. The molecule has 1 aromatic carbocycles. The predicted molar refractivity (Wildman–Crippen MR) is 107 cm³/mol. The molecule has 4 rings (SSSR count). The fourth-order valence-corrected chi connectivity index (χ4v) is 3.17. The summed E-state index contributed by atoms with van der Waals surface area (Å²) in [5, 5.41) is 3.53. The van der Waals surface area contributed by atoms with Crippen molar-refractivity contribution in [2.45, 2.75) is 52.4 Å². The molecule has 0 spiro atoms. The molecular formula is C22H25N3O. The molecule has 3 heterocycles. The van der Waals surface area contributed by atoms with E-state index in [-0.39, 0.29) is 10.8 Å². The van der Waals surface area contributed by atoms with Crippen LogP contribution in [0.25, 0.3) is 11.0 Å². The molecule has 1 aliphatic rings. The van der Waals surface area contributed by atoms with Crippen LogP contribution >= 0.6 is 0 Å². The summed E-state index contributed by atoms with van der Waals surface area (Å²) in [6, 6.07) is 10.1. The Hall–Kier alpha value is -2.62. The SMILES string of the molecule is CC(C)(C)c1cnc2c3c(c(C(C)(C)C)nc2c1)Oc1ccccc1N3. The van der Waals surface area contributed by atoms with E-state index < -0.39 is 0 Å². The summed E-state index contributed by atoms with van der Waals surface area (Å²) in [7, 11) is 0. The summed E-state index contributed by atoms with van der Waals surface area (Å²) < 4.78 is 6.28. The number of pyridine rings is 2. The van der Waals surface area contributed by atoms with Gasteiger partial charge in [-0.1, -0.05) is 53.7 Å². The topological polar surface area (TPSA) is 47.0 Å². The van der Waals surface area contributed by atoms with Crippen molar-refractivity contribution in [1.29, 1.82) is 0 Å². The smallest absolute Gasteiger partial charge is 0.175 e. The Morgan fingerprint density at radius 3 is 2.38 bits per heavy atom. The quantitative estimate of drug-likeness (QED) is 0.419. The lowest BCUT2D eigenvalue weighted by Crippen LogP contribution is -2.19. The zero-order chi connectivity index (χ0) is 18.7. The number of para-hydroxylation sites is 2. The Morgan fingerprint density at radius 1 is 0.962 bits per heavy atom. The molecule has 0 bridgehead atoms. The number of rotatable bonds is 0. The van der Waals surface area contributed by atoms with Gasteiger partial charge in [0.15, 0.2) is 11.5 Å². The first kappa shape index (κ1) is 16.8. The highest BCUT2D eigenvalue weighted by Crippen LogP contribution is 2.48. The van der Waals surface area contributed by atoms with Crippen molar-refractivity contribution in [3.05, 3.63) is 47.8 Å². The van der Waals surface area contributed by atoms with E-state index in [4.69, 9.17) is 14.7 Å². The molecule has 0 saturated carbocycles. The molecule has 4 nitrogen and oxygen atoms in total. The summed E-state index contributed by atoms with van der Waals surface area (Å²) >= 11 is 0. The lowest BCUT2D eigenvalue weighted by Gasteiger charge is -2.29. The average molecular weight is 347 g/mol. The first-order valence-corrected chi connectivity index (χ1v) is 9.03. The second-order valence-corrected chi connectivity index (χ2v) is 8.98. The standard InChI is InChI=1S/C22H25N3O/c1-21(2,3)13-11-15-17(23-12-13)18-19(20(25-15)22(4,5)6)26-16-10-8-7-9-14(16)24-18/h7-12,24H,1-6H3. The van der Waals surface area contributed by atoms with Gasteiger partial charge < -0.3 is 10.1 Å². The van der Waals surface area contributed by atoms with Crippen molar-refractivity contribution in [1.82, 2.24) is 9.97 Å². The number of benzene rings is 1. The Morgan fingerprint density at radius 2 is 1.69 bits per heavy atom. The number of aromatic nitrogens is 2. The molecule has 26 heavy (non-hydrogen) atoms. The fourth-order valence-electron chi connectivity index (χ4n) is 3.17. The molecule has 1 N–H and O–H groups in total. The first-order valence-electron chi connectivity index (χ1n) is 9.03. The number of hydrogen-bond donors (Lipinski definition) is 1. The molecule has 1 aliphatic heterocycles. The van der Waals surface area contributed by atoms with E-state index in [1.165, 1.54) is 5.56 Å². The van der Waals surface area contributed by atoms with E-state index in [2.05, 4.69) is 52.9 Å². The number of ether oxygens (including phenoxy) is 1. The monoisotopic (exact) mass is 347 g/mol. The van der Waals surface area contributed by atoms with Crippen LogP contribution in [0.4, 0.5) is 11.4 Å². The largest absolute Gasteiger partial charge is 0.451 e. The second-order valence-electron chi connectivity index (χ2n) is 8.98. The van der Waals surface area contributed by atoms with Crippen molar-refractivity contribution in [3.8, 4) is 11.5 Å². The molecular weight excluding hydrogens is 322 g/mol. The summed E-state index contributed by atoms with van der Waals surface area (Å²) in [5.74, 6) is 1.60. The van der Waals surface area contributed by atoms with Gasteiger partial charge in [-0.05, 0) is 29.2 Å². The Bertz CT molecular complexity index is 1010. The van der Waals surface area contributed by atoms with E-state index in [1.54, 1.807) is 0 Å². The number of fused-ring (bicyclic) bond motifs is 4. The minimum atomic E-state index is -0.149. The van der Waals surface area contributed by atoms with E-state index >= 15 is 0 Å². The highest BCUT2D eigenvalue weighted by Gasteiger charge is 2.30. The highest BCUT2D eigenvalue weighted by molar-refractivity contribution is 5.96. The maximum absolute atomic E-state index is 6.28. The zero-order valence-electron chi connectivity index (χ0n) is 16.3. The zero-order valence-corrected chi connectivity index (χ0v) is 16.3. The summed E-state index contributed by atoms with van der Waals surface area (Å²) in [4.78, 5) is 9.73. The average Bonchev–Trinajstić information content (AvgIpc) is 2.57. The van der Waals surface area contributed by atoms with Crippen molar-refractivity contribution in [3.63, 3.8) is 0 Å². The van der Waals surface area contributed by atoms with Gasteiger partial charge in [-0.3, -0.25) is 4.98 Å². The molecule has 0 aliphatic carbocycles. The molecule has 0 atom stereocenters. The number of nitrogens with zero attached hydrogens (tertiary/aromatic N) is 2. The van der Waals surface area contributed by atoms with Gasteiger partial charge in [0.25, 0.3) is 0 Å². The van der Waals surface area contributed by atoms with Crippen LogP contribution in [0.5, 0.6) is 11.5 Å².